The summed E-state index contributed by atoms with van der Waals surface area (Å²) in [5, 5.41) is 4.03. The molecule has 0 saturated carbocycles. The van der Waals surface area contributed by atoms with Gasteiger partial charge in [0.25, 0.3) is 0 Å². The summed E-state index contributed by atoms with van der Waals surface area (Å²) < 4.78 is 2.54. The molecule has 2 aliphatic carbocycles. The molecule has 1 aromatic heterocycles. The van der Waals surface area contributed by atoms with Crippen LogP contribution in [0.4, 0.5) is 0 Å². The number of halogens is 1. The largest absolute Gasteiger partial charge is 0.135 e. The number of fused-ring (bicyclic) bond motifs is 5. The Balaban J connectivity index is 1.68. The van der Waals surface area contributed by atoms with E-state index in [1.165, 1.54) is 48.9 Å². The van der Waals surface area contributed by atoms with E-state index in [0.717, 1.165) is 4.47 Å². The average Bonchev–Trinajstić information content (AvgIpc) is 3.13. The van der Waals surface area contributed by atoms with Gasteiger partial charge in [0.05, 0.1) is 0 Å². The van der Waals surface area contributed by atoms with E-state index in [4.69, 9.17) is 0 Å². The molecule has 4 aromatic rings. The monoisotopic (exact) mass is 470 g/mol. The highest BCUT2D eigenvalue weighted by Crippen LogP contribution is 2.55. The van der Waals surface area contributed by atoms with Crippen LogP contribution in [0.1, 0.15) is 42.2 Å². The van der Waals surface area contributed by atoms with Gasteiger partial charge in [-0.1, -0.05) is 78.3 Å². The van der Waals surface area contributed by atoms with Crippen molar-refractivity contribution in [3.8, 4) is 0 Å². The fraction of sp³-hybridized carbons (Fsp3) is 0.214. The molecule has 2 heteroatoms. The normalized spacial score (nSPS) is 23.1. The molecule has 6 rings (SSSR count). The molecule has 3 aromatic carbocycles. The molecule has 0 saturated heterocycles. The quantitative estimate of drug-likeness (QED) is 0.260. The maximum absolute atomic E-state index is 3.61. The van der Waals surface area contributed by atoms with Gasteiger partial charge in [0.2, 0.25) is 0 Å². The highest BCUT2D eigenvalue weighted by Gasteiger charge is 2.38. The molecule has 0 nitrogen and oxygen atoms in total. The van der Waals surface area contributed by atoms with E-state index in [1.54, 1.807) is 5.56 Å². The minimum Gasteiger partial charge on any atom is -0.135 e. The molecule has 0 radical (unpaired) electrons. The minimum absolute atomic E-state index is 0.547. The molecule has 3 unspecified atom stereocenters. The van der Waals surface area contributed by atoms with Crippen LogP contribution < -0.4 is 0 Å². The van der Waals surface area contributed by atoms with Crippen molar-refractivity contribution in [1.82, 2.24) is 0 Å². The van der Waals surface area contributed by atoms with E-state index in [0.29, 0.717) is 17.8 Å². The lowest BCUT2D eigenvalue weighted by atomic mass is 9.65. The van der Waals surface area contributed by atoms with Crippen molar-refractivity contribution >= 4 is 53.7 Å². The van der Waals surface area contributed by atoms with Crippen molar-refractivity contribution < 1.29 is 0 Å². The maximum atomic E-state index is 3.61. The van der Waals surface area contributed by atoms with E-state index in [-0.39, 0.29) is 0 Å². The van der Waals surface area contributed by atoms with E-state index in [2.05, 4.69) is 103 Å². The predicted octanol–water partition coefficient (Wildman–Crippen LogP) is 8.95. The van der Waals surface area contributed by atoms with Crippen molar-refractivity contribution in [2.24, 2.45) is 11.8 Å². The Kier molecular flexibility index (Phi) is 4.30. The summed E-state index contributed by atoms with van der Waals surface area (Å²) in [6.07, 6.45) is 5.99. The Morgan fingerprint density at radius 3 is 2.63 bits per heavy atom. The molecular weight excluding hydrogens is 448 g/mol. The fourth-order valence-electron chi connectivity index (χ4n) is 5.67. The summed E-state index contributed by atoms with van der Waals surface area (Å²) in [5.41, 5.74) is 5.92. The Morgan fingerprint density at radius 1 is 0.933 bits per heavy atom. The van der Waals surface area contributed by atoms with Gasteiger partial charge in [0.15, 0.2) is 0 Å². The van der Waals surface area contributed by atoms with Gasteiger partial charge in [0, 0.05) is 19.6 Å². The lowest BCUT2D eigenvalue weighted by Crippen LogP contribution is -2.26. The van der Waals surface area contributed by atoms with Crippen LogP contribution >= 0.6 is 27.3 Å². The van der Waals surface area contributed by atoms with Crippen LogP contribution in [0.5, 0.6) is 0 Å². The molecule has 0 N–H and O–H groups in total. The SMILES string of the molecule is CC1CC=CC2=C(c3ccc4cc(Br)ccc4c3)c3sc4ccccc4c3C(C)C21. The molecule has 0 amide bonds. The molecular formula is C28H23BrS. The molecule has 30 heavy (non-hydrogen) atoms. The zero-order chi connectivity index (χ0) is 20.4. The number of hydrogen-bond donors (Lipinski definition) is 0. The third-order valence-corrected chi connectivity index (χ3v) is 8.71. The van der Waals surface area contributed by atoms with Crippen LogP contribution in [-0.2, 0) is 0 Å². The van der Waals surface area contributed by atoms with Gasteiger partial charge < -0.3 is 0 Å². The summed E-state index contributed by atoms with van der Waals surface area (Å²) in [4.78, 5) is 1.48. The minimum atomic E-state index is 0.547. The Labute approximate surface area is 190 Å². The highest BCUT2D eigenvalue weighted by molar-refractivity contribution is 9.10. The van der Waals surface area contributed by atoms with Crippen LogP contribution in [0.25, 0.3) is 26.4 Å². The standard InChI is InChI=1S/C28H23BrS/c1-16-6-5-8-23-25(16)17(2)26-22-7-3-4-9-24(22)30-28(26)27(23)20-11-10-19-15-21(29)13-12-18(19)14-20/h3-5,7-17,25H,6H2,1-2H3. The molecule has 0 spiro atoms. The molecule has 0 aliphatic heterocycles. The van der Waals surface area contributed by atoms with Crippen LogP contribution in [0.15, 0.2) is 82.9 Å². The van der Waals surface area contributed by atoms with E-state index < -0.39 is 0 Å². The van der Waals surface area contributed by atoms with Crippen molar-refractivity contribution in [3.63, 3.8) is 0 Å². The molecule has 2 aliphatic rings. The van der Waals surface area contributed by atoms with E-state index >= 15 is 0 Å². The van der Waals surface area contributed by atoms with Gasteiger partial charge in [-0.15, -0.1) is 11.3 Å². The first-order valence-electron chi connectivity index (χ1n) is 10.7. The van der Waals surface area contributed by atoms with Crippen molar-refractivity contribution in [1.29, 1.82) is 0 Å². The number of allylic oxidation sites excluding steroid dienone is 3. The van der Waals surface area contributed by atoms with Gasteiger partial charge in [-0.05, 0) is 81.3 Å². The van der Waals surface area contributed by atoms with Crippen molar-refractivity contribution in [2.45, 2.75) is 26.2 Å². The number of hydrogen-bond acceptors (Lipinski definition) is 1. The molecule has 0 bridgehead atoms. The zero-order valence-corrected chi connectivity index (χ0v) is 19.6. The second kappa shape index (κ2) is 6.93. The van der Waals surface area contributed by atoms with Crippen LogP contribution in [0.3, 0.4) is 0 Å². The maximum Gasteiger partial charge on any atom is 0.0399 e. The van der Waals surface area contributed by atoms with Gasteiger partial charge >= 0.3 is 0 Å². The number of rotatable bonds is 1. The van der Waals surface area contributed by atoms with E-state index in [1.807, 2.05) is 11.3 Å². The van der Waals surface area contributed by atoms with Crippen LogP contribution in [-0.4, -0.2) is 0 Å². The summed E-state index contributed by atoms with van der Waals surface area (Å²) in [6, 6.07) is 22.5. The highest BCUT2D eigenvalue weighted by atomic mass is 79.9. The second-order valence-electron chi connectivity index (χ2n) is 8.81. The zero-order valence-electron chi connectivity index (χ0n) is 17.2. The first-order chi connectivity index (χ1) is 14.6. The topological polar surface area (TPSA) is 0 Å². The van der Waals surface area contributed by atoms with Crippen LogP contribution in [0.2, 0.25) is 0 Å². The summed E-state index contributed by atoms with van der Waals surface area (Å²) in [5.74, 6) is 1.79. The summed E-state index contributed by atoms with van der Waals surface area (Å²) in [7, 11) is 0. The molecule has 3 atom stereocenters. The van der Waals surface area contributed by atoms with Gasteiger partial charge in [-0.3, -0.25) is 0 Å². The molecule has 0 fully saturated rings. The average molecular weight is 471 g/mol. The Hall–Kier alpha value is -2.16. The van der Waals surface area contributed by atoms with Crippen molar-refractivity contribution in [3.05, 3.63) is 98.9 Å². The Morgan fingerprint density at radius 2 is 1.73 bits per heavy atom. The fourth-order valence-corrected chi connectivity index (χ4v) is 7.45. The van der Waals surface area contributed by atoms with Crippen LogP contribution in [0, 0.1) is 11.8 Å². The predicted molar refractivity (Wildman–Crippen MR) is 134 cm³/mol. The summed E-state index contributed by atoms with van der Waals surface area (Å²) >= 11 is 5.58. The Bertz CT molecular complexity index is 1370. The lowest BCUT2D eigenvalue weighted by molar-refractivity contribution is 0.357. The van der Waals surface area contributed by atoms with Gasteiger partial charge in [-0.25, -0.2) is 0 Å². The lowest BCUT2D eigenvalue weighted by Gasteiger charge is -2.39. The molecule has 1 heterocycles. The molecule has 148 valence electrons. The van der Waals surface area contributed by atoms with Crippen molar-refractivity contribution in [2.75, 3.05) is 0 Å². The summed E-state index contributed by atoms with van der Waals surface area (Å²) in [6.45, 7) is 4.88. The first kappa shape index (κ1) is 18.6. The third kappa shape index (κ3) is 2.70. The van der Waals surface area contributed by atoms with Gasteiger partial charge in [-0.2, -0.15) is 0 Å². The number of benzene rings is 3. The first-order valence-corrected chi connectivity index (χ1v) is 12.3. The third-order valence-electron chi connectivity index (χ3n) is 7.01. The van der Waals surface area contributed by atoms with E-state index in [9.17, 15) is 0 Å². The second-order valence-corrected chi connectivity index (χ2v) is 10.8. The number of thiophene rings is 1. The smallest absolute Gasteiger partial charge is 0.0399 e. The van der Waals surface area contributed by atoms with Gasteiger partial charge in [0.1, 0.15) is 0 Å².